The van der Waals surface area contributed by atoms with Crippen LogP contribution in [-0.2, 0) is 0 Å². The van der Waals surface area contributed by atoms with Gasteiger partial charge in [-0.3, -0.25) is 0 Å². The summed E-state index contributed by atoms with van der Waals surface area (Å²) < 4.78 is 4.54. The van der Waals surface area contributed by atoms with Crippen LogP contribution >= 0.6 is 0 Å². The number of hydrogen-bond donors (Lipinski definition) is 0. The van der Waals surface area contributed by atoms with Crippen molar-refractivity contribution in [2.24, 2.45) is 0 Å². The maximum absolute atomic E-state index is 10.3. The van der Waals surface area contributed by atoms with Gasteiger partial charge in [0.05, 0.1) is 56.7 Å². The predicted octanol–water partition coefficient (Wildman–Crippen LogP) is 13.7. The van der Waals surface area contributed by atoms with Crippen LogP contribution in [0.5, 0.6) is 0 Å². The van der Waals surface area contributed by atoms with E-state index in [4.69, 9.17) is 15.0 Å². The molecular formula is C57H39N7. The summed E-state index contributed by atoms with van der Waals surface area (Å²) in [4.78, 5) is 16.0. The molecule has 0 saturated carbocycles. The fourth-order valence-electron chi connectivity index (χ4n) is 9.24. The van der Waals surface area contributed by atoms with Crippen molar-refractivity contribution in [3.63, 3.8) is 0 Å². The first-order valence-electron chi connectivity index (χ1n) is 21.3. The summed E-state index contributed by atoms with van der Waals surface area (Å²) in [5, 5.41) is 25.1. The number of nitriles is 2. The van der Waals surface area contributed by atoms with Crippen LogP contribution in [0.3, 0.4) is 0 Å². The van der Waals surface area contributed by atoms with E-state index in [9.17, 15) is 10.5 Å². The first-order valence-corrected chi connectivity index (χ1v) is 21.3. The van der Waals surface area contributed by atoms with Gasteiger partial charge in [-0.15, -0.1) is 0 Å². The SMILES string of the molecule is Cc1ccc2c(c1)c1cc(C)ccc1n2-c1cc(C#N)ccc1-c1nc(-c2ccccc2)nc(-c2ccc(-c3ccccc3C#N)cc2-n2c3ccc(C)cc3c3cc(C)ccc32)n1. The van der Waals surface area contributed by atoms with Crippen LogP contribution in [0.4, 0.5) is 0 Å². The number of nitrogens with zero attached hydrogens (tertiary/aromatic N) is 7. The molecule has 0 N–H and O–H groups in total. The molecule has 0 aliphatic rings. The van der Waals surface area contributed by atoms with Gasteiger partial charge < -0.3 is 9.13 Å². The van der Waals surface area contributed by atoms with Gasteiger partial charge in [0, 0.05) is 38.2 Å². The van der Waals surface area contributed by atoms with Crippen LogP contribution in [0.1, 0.15) is 33.4 Å². The van der Waals surface area contributed by atoms with Crippen molar-refractivity contribution < 1.29 is 0 Å². The summed E-state index contributed by atoms with van der Waals surface area (Å²) in [5.74, 6) is 1.47. The van der Waals surface area contributed by atoms with Crippen LogP contribution in [0, 0.1) is 50.4 Å². The van der Waals surface area contributed by atoms with E-state index in [0.29, 0.717) is 28.6 Å². The minimum absolute atomic E-state index is 0.468. The highest BCUT2D eigenvalue weighted by atomic mass is 15.1. The zero-order valence-electron chi connectivity index (χ0n) is 35.7. The Labute approximate surface area is 370 Å². The number of aryl methyl sites for hydroxylation is 4. The van der Waals surface area contributed by atoms with Crippen molar-refractivity contribution >= 4 is 43.6 Å². The van der Waals surface area contributed by atoms with E-state index in [2.05, 4.69) is 140 Å². The average molecular weight is 822 g/mol. The summed E-state index contributed by atoms with van der Waals surface area (Å²) in [6.45, 7) is 8.48. The second-order valence-electron chi connectivity index (χ2n) is 16.7. The zero-order valence-corrected chi connectivity index (χ0v) is 35.7. The molecule has 0 unspecified atom stereocenters. The fourth-order valence-corrected chi connectivity index (χ4v) is 9.24. The lowest BCUT2D eigenvalue weighted by molar-refractivity contribution is 1.06. The molecule has 0 saturated heterocycles. The first kappa shape index (κ1) is 38.3. The first-order chi connectivity index (χ1) is 31.3. The largest absolute Gasteiger partial charge is 0.308 e. The molecule has 0 fully saturated rings. The third kappa shape index (κ3) is 6.30. The number of aromatic nitrogens is 5. The van der Waals surface area contributed by atoms with Crippen LogP contribution in [0.2, 0.25) is 0 Å². The van der Waals surface area contributed by atoms with Gasteiger partial charge in [-0.25, -0.2) is 15.0 Å². The van der Waals surface area contributed by atoms with Crippen LogP contribution in [0.15, 0.2) is 164 Å². The molecule has 0 amide bonds. The molecule has 302 valence electrons. The van der Waals surface area contributed by atoms with Gasteiger partial charge in [-0.05, 0) is 124 Å². The summed E-state index contributed by atoms with van der Waals surface area (Å²) >= 11 is 0. The van der Waals surface area contributed by atoms with E-state index in [0.717, 1.165) is 82.8 Å². The average Bonchev–Trinajstić information content (AvgIpc) is 3.81. The quantitative estimate of drug-likeness (QED) is 0.166. The maximum atomic E-state index is 10.3. The molecule has 3 heterocycles. The normalized spacial score (nSPS) is 11.4. The van der Waals surface area contributed by atoms with E-state index >= 15 is 0 Å². The molecule has 0 radical (unpaired) electrons. The molecule has 0 bridgehead atoms. The van der Waals surface area contributed by atoms with Crippen molar-refractivity contribution in [1.29, 1.82) is 10.5 Å². The van der Waals surface area contributed by atoms with Crippen LogP contribution in [0.25, 0.3) is 100 Å². The lowest BCUT2D eigenvalue weighted by atomic mass is 9.97. The highest BCUT2D eigenvalue weighted by Crippen LogP contribution is 2.41. The van der Waals surface area contributed by atoms with Gasteiger partial charge in [-0.1, -0.05) is 101 Å². The molecule has 64 heavy (non-hydrogen) atoms. The smallest absolute Gasteiger partial charge is 0.166 e. The lowest BCUT2D eigenvalue weighted by Crippen LogP contribution is -2.06. The number of benzene rings is 8. The van der Waals surface area contributed by atoms with Gasteiger partial charge >= 0.3 is 0 Å². The van der Waals surface area contributed by atoms with E-state index in [1.54, 1.807) is 0 Å². The van der Waals surface area contributed by atoms with Crippen molar-refractivity contribution in [3.8, 4) is 68.8 Å². The van der Waals surface area contributed by atoms with Gasteiger partial charge in [0.1, 0.15) is 0 Å². The number of hydrogen-bond acceptors (Lipinski definition) is 5. The van der Waals surface area contributed by atoms with Gasteiger partial charge in [0.15, 0.2) is 17.5 Å². The Balaban J connectivity index is 1.23. The van der Waals surface area contributed by atoms with E-state index < -0.39 is 0 Å². The fraction of sp³-hybridized carbons (Fsp3) is 0.0702. The summed E-state index contributed by atoms with van der Waals surface area (Å²) in [5.41, 5.74) is 15.7. The van der Waals surface area contributed by atoms with E-state index in [-0.39, 0.29) is 0 Å². The molecule has 0 spiro atoms. The molecule has 8 aromatic carbocycles. The summed E-state index contributed by atoms with van der Waals surface area (Å²) in [6, 6.07) is 60.7. The molecule has 11 aromatic rings. The van der Waals surface area contributed by atoms with Crippen LogP contribution < -0.4 is 0 Å². The predicted molar refractivity (Wildman–Crippen MR) is 259 cm³/mol. The van der Waals surface area contributed by atoms with Crippen molar-refractivity contribution in [3.05, 3.63) is 197 Å². The van der Waals surface area contributed by atoms with E-state index in [1.165, 1.54) is 22.3 Å². The monoisotopic (exact) mass is 821 g/mol. The second-order valence-corrected chi connectivity index (χ2v) is 16.7. The summed E-state index contributed by atoms with van der Waals surface area (Å²) in [6.07, 6.45) is 0. The molecule has 0 aliphatic heterocycles. The van der Waals surface area contributed by atoms with Crippen LogP contribution in [-0.4, -0.2) is 24.1 Å². The zero-order chi connectivity index (χ0) is 43.6. The number of fused-ring (bicyclic) bond motifs is 6. The molecular weight excluding hydrogens is 783 g/mol. The molecule has 3 aromatic heterocycles. The highest BCUT2D eigenvalue weighted by Gasteiger charge is 2.24. The Morgan fingerprint density at radius 3 is 1.33 bits per heavy atom. The van der Waals surface area contributed by atoms with E-state index in [1.807, 2.05) is 72.8 Å². The van der Waals surface area contributed by atoms with Gasteiger partial charge in [0.2, 0.25) is 0 Å². The third-order valence-corrected chi connectivity index (χ3v) is 12.3. The maximum Gasteiger partial charge on any atom is 0.166 e. The van der Waals surface area contributed by atoms with Crippen molar-refractivity contribution in [2.75, 3.05) is 0 Å². The Hall–Kier alpha value is -8.65. The molecule has 7 nitrogen and oxygen atoms in total. The molecule has 7 heteroatoms. The summed E-state index contributed by atoms with van der Waals surface area (Å²) in [7, 11) is 0. The highest BCUT2D eigenvalue weighted by molar-refractivity contribution is 6.11. The van der Waals surface area contributed by atoms with Gasteiger partial charge in [-0.2, -0.15) is 10.5 Å². The second kappa shape index (κ2) is 15.1. The molecule has 0 aliphatic carbocycles. The Kier molecular flexibility index (Phi) is 9.01. The minimum atomic E-state index is 0.468. The Morgan fingerprint density at radius 1 is 0.375 bits per heavy atom. The Morgan fingerprint density at radius 2 is 0.828 bits per heavy atom. The topological polar surface area (TPSA) is 96.1 Å². The number of rotatable bonds is 6. The molecule has 11 rings (SSSR count). The molecule has 0 atom stereocenters. The Bertz CT molecular complexity index is 3680. The van der Waals surface area contributed by atoms with Gasteiger partial charge in [0.25, 0.3) is 0 Å². The minimum Gasteiger partial charge on any atom is -0.308 e. The van der Waals surface area contributed by atoms with Crippen molar-refractivity contribution in [2.45, 2.75) is 27.7 Å². The third-order valence-electron chi connectivity index (χ3n) is 12.3. The standard InChI is InChI=1S/C57H39N7/c1-34-14-22-49-45(26-34)46-27-35(2)15-23-50(46)63(49)53-30-38(32-58)18-20-43(53)56-60-55(39-10-6-5-7-11-39)61-57(62-56)44-21-19-40(42-13-9-8-12-41(42)33-59)31-54(44)64-51-24-16-36(3)28-47(51)48-29-37(4)17-25-52(48)64/h5-31H,1-4H3. The lowest BCUT2D eigenvalue weighted by Gasteiger charge is -2.18. The van der Waals surface area contributed by atoms with Crippen molar-refractivity contribution in [1.82, 2.24) is 24.1 Å².